The number of nitrogens with zero attached hydrogens (tertiary/aromatic N) is 4. The number of aromatic nitrogens is 3. The lowest BCUT2D eigenvalue weighted by atomic mass is 10.1. The summed E-state index contributed by atoms with van der Waals surface area (Å²) in [5.41, 5.74) is 1.65. The number of furan rings is 1. The van der Waals surface area contributed by atoms with Crippen molar-refractivity contribution in [1.29, 1.82) is 5.26 Å². The minimum atomic E-state index is -3.96. The molecular formula is C24H14FN5O4S2. The molecule has 0 saturated heterocycles. The number of ether oxygens (including phenoxy) is 1. The van der Waals surface area contributed by atoms with Gasteiger partial charge in [0.2, 0.25) is 5.95 Å². The molecule has 5 rings (SSSR count). The Morgan fingerprint density at radius 3 is 2.67 bits per heavy atom. The van der Waals surface area contributed by atoms with Gasteiger partial charge in [0.15, 0.2) is 10.9 Å². The van der Waals surface area contributed by atoms with Crippen molar-refractivity contribution in [3.63, 3.8) is 0 Å². The Morgan fingerprint density at radius 1 is 1.06 bits per heavy atom. The predicted molar refractivity (Wildman–Crippen MR) is 129 cm³/mol. The number of hydrogen-bond acceptors (Lipinski definition) is 9. The Morgan fingerprint density at radius 2 is 1.94 bits per heavy atom. The van der Waals surface area contributed by atoms with Crippen LogP contribution in [0.3, 0.4) is 0 Å². The van der Waals surface area contributed by atoms with Crippen LogP contribution in [0.15, 0.2) is 88.3 Å². The van der Waals surface area contributed by atoms with E-state index in [0.29, 0.717) is 16.8 Å². The fourth-order valence-corrected chi connectivity index (χ4v) is 5.13. The molecule has 5 aromatic rings. The molecule has 36 heavy (non-hydrogen) atoms. The van der Waals surface area contributed by atoms with Crippen LogP contribution in [-0.4, -0.2) is 23.4 Å². The first-order valence-corrected chi connectivity index (χ1v) is 12.6. The zero-order valence-corrected chi connectivity index (χ0v) is 19.8. The Balaban J connectivity index is 1.52. The standard InChI is InChI=1S/C24H14FN5O4S2/c25-23-18(2-1-6-27-23)20-11-19(15-5-8-33-14-15)22(13-29-20)34-21-4-3-17(10-16(21)12-26)36(31,32)30-24-28-7-9-35-24/h1-11,13-14H,(H,28,30). The van der Waals surface area contributed by atoms with Crippen LogP contribution in [0, 0.1) is 17.3 Å². The van der Waals surface area contributed by atoms with Gasteiger partial charge in [-0.2, -0.15) is 9.65 Å². The molecule has 1 aromatic carbocycles. The fourth-order valence-electron chi connectivity index (χ4n) is 3.31. The van der Waals surface area contributed by atoms with Crippen LogP contribution in [0.4, 0.5) is 9.52 Å². The molecule has 4 heterocycles. The number of pyridine rings is 2. The monoisotopic (exact) mass is 519 g/mol. The number of thiazole rings is 1. The number of nitriles is 1. The number of hydrogen-bond donors (Lipinski definition) is 1. The Hall–Kier alpha value is -4.60. The van der Waals surface area contributed by atoms with E-state index in [0.717, 1.165) is 11.3 Å². The van der Waals surface area contributed by atoms with Gasteiger partial charge in [-0.1, -0.05) is 0 Å². The number of halogens is 1. The Labute approximate surface area is 208 Å². The third kappa shape index (κ3) is 4.65. The number of rotatable bonds is 7. The fraction of sp³-hybridized carbons (Fsp3) is 0. The minimum absolute atomic E-state index is 0.0162. The third-order valence-electron chi connectivity index (χ3n) is 4.99. The topological polar surface area (TPSA) is 131 Å². The maximum absolute atomic E-state index is 14.3. The highest BCUT2D eigenvalue weighted by atomic mass is 32.2. The zero-order chi connectivity index (χ0) is 25.1. The molecule has 4 aromatic heterocycles. The van der Waals surface area contributed by atoms with Gasteiger partial charge in [-0.05, 0) is 42.5 Å². The van der Waals surface area contributed by atoms with Gasteiger partial charge >= 0.3 is 0 Å². The molecule has 0 atom stereocenters. The average Bonchev–Trinajstić information content (AvgIpc) is 3.59. The number of sulfonamides is 1. The molecule has 0 amide bonds. The first-order valence-electron chi connectivity index (χ1n) is 10.2. The van der Waals surface area contributed by atoms with Crippen LogP contribution in [0.2, 0.25) is 0 Å². The maximum atomic E-state index is 14.3. The van der Waals surface area contributed by atoms with Crippen molar-refractivity contribution < 1.29 is 22.0 Å². The molecule has 0 radical (unpaired) electrons. The molecule has 1 N–H and O–H groups in total. The van der Waals surface area contributed by atoms with E-state index >= 15 is 0 Å². The van der Waals surface area contributed by atoms with Crippen molar-refractivity contribution >= 4 is 26.5 Å². The van der Waals surface area contributed by atoms with Crippen LogP contribution in [0.25, 0.3) is 22.4 Å². The molecule has 0 saturated carbocycles. The van der Waals surface area contributed by atoms with Crippen molar-refractivity contribution in [2.75, 3.05) is 4.72 Å². The maximum Gasteiger partial charge on any atom is 0.263 e. The van der Waals surface area contributed by atoms with Crippen LogP contribution < -0.4 is 9.46 Å². The lowest BCUT2D eigenvalue weighted by molar-refractivity contribution is 0.480. The summed E-state index contributed by atoms with van der Waals surface area (Å²) in [6.45, 7) is 0. The highest BCUT2D eigenvalue weighted by Crippen LogP contribution is 2.37. The summed E-state index contributed by atoms with van der Waals surface area (Å²) >= 11 is 1.13. The summed E-state index contributed by atoms with van der Waals surface area (Å²) in [4.78, 5) is 11.7. The normalized spacial score (nSPS) is 11.1. The number of nitrogens with one attached hydrogen (secondary N) is 1. The minimum Gasteiger partial charge on any atom is -0.472 e. The van der Waals surface area contributed by atoms with E-state index in [1.54, 1.807) is 29.6 Å². The SMILES string of the molecule is N#Cc1cc(S(=O)(=O)Nc2nccs2)ccc1Oc1cnc(-c2cccnc2F)cc1-c1ccoc1. The molecule has 0 spiro atoms. The average molecular weight is 520 g/mol. The molecule has 178 valence electrons. The van der Waals surface area contributed by atoms with E-state index in [1.165, 1.54) is 49.3 Å². The molecule has 9 nitrogen and oxygen atoms in total. The summed E-state index contributed by atoms with van der Waals surface area (Å²) in [6.07, 6.45) is 7.16. The first-order chi connectivity index (χ1) is 17.4. The second-order valence-corrected chi connectivity index (χ2v) is 9.81. The van der Waals surface area contributed by atoms with Gasteiger partial charge in [0.1, 0.15) is 11.8 Å². The van der Waals surface area contributed by atoms with Gasteiger partial charge in [-0.3, -0.25) is 9.71 Å². The largest absolute Gasteiger partial charge is 0.472 e. The summed E-state index contributed by atoms with van der Waals surface area (Å²) in [5.74, 6) is -0.318. The molecule has 0 unspecified atom stereocenters. The van der Waals surface area contributed by atoms with Gasteiger partial charge in [0.05, 0.1) is 40.4 Å². The van der Waals surface area contributed by atoms with Crippen molar-refractivity contribution in [3.05, 3.63) is 90.5 Å². The van der Waals surface area contributed by atoms with Crippen molar-refractivity contribution in [2.24, 2.45) is 0 Å². The summed E-state index contributed by atoms with van der Waals surface area (Å²) in [5, 5.41) is 11.5. The van der Waals surface area contributed by atoms with Gasteiger partial charge in [-0.15, -0.1) is 11.3 Å². The van der Waals surface area contributed by atoms with Crippen LogP contribution >= 0.6 is 11.3 Å². The van der Waals surface area contributed by atoms with E-state index in [1.807, 2.05) is 6.07 Å². The van der Waals surface area contributed by atoms with E-state index < -0.39 is 16.0 Å². The van der Waals surface area contributed by atoms with E-state index in [2.05, 4.69) is 19.7 Å². The first kappa shape index (κ1) is 23.2. The molecule has 12 heteroatoms. The second-order valence-electron chi connectivity index (χ2n) is 7.23. The zero-order valence-electron chi connectivity index (χ0n) is 18.1. The molecule has 0 aliphatic heterocycles. The third-order valence-corrected chi connectivity index (χ3v) is 7.14. The van der Waals surface area contributed by atoms with Crippen LogP contribution in [-0.2, 0) is 10.0 Å². The van der Waals surface area contributed by atoms with E-state index in [9.17, 15) is 18.1 Å². The quantitative estimate of drug-likeness (QED) is 0.280. The Kier molecular flexibility index (Phi) is 6.16. The van der Waals surface area contributed by atoms with Gasteiger partial charge in [-0.25, -0.2) is 18.4 Å². The molecule has 0 aliphatic rings. The van der Waals surface area contributed by atoms with Crippen LogP contribution in [0.5, 0.6) is 11.5 Å². The molecule has 0 aliphatic carbocycles. The smallest absolute Gasteiger partial charge is 0.263 e. The number of benzene rings is 1. The Bertz CT molecular complexity index is 1680. The predicted octanol–water partition coefficient (Wildman–Crippen LogP) is 5.46. The second kappa shape index (κ2) is 9.57. The lowest BCUT2D eigenvalue weighted by Crippen LogP contribution is -2.13. The van der Waals surface area contributed by atoms with Crippen LogP contribution in [0.1, 0.15) is 5.56 Å². The summed E-state index contributed by atoms with van der Waals surface area (Å²) in [6, 6.07) is 12.3. The van der Waals surface area contributed by atoms with Gasteiger partial charge < -0.3 is 9.15 Å². The summed E-state index contributed by atoms with van der Waals surface area (Å²) in [7, 11) is -3.96. The molecule has 0 fully saturated rings. The highest BCUT2D eigenvalue weighted by Gasteiger charge is 2.20. The van der Waals surface area contributed by atoms with Crippen molar-refractivity contribution in [2.45, 2.75) is 4.90 Å². The molecule has 0 bridgehead atoms. The van der Waals surface area contributed by atoms with E-state index in [-0.39, 0.29) is 32.7 Å². The summed E-state index contributed by atoms with van der Waals surface area (Å²) < 4.78 is 53.2. The van der Waals surface area contributed by atoms with Crippen molar-refractivity contribution in [3.8, 4) is 40.0 Å². The van der Waals surface area contributed by atoms with E-state index in [4.69, 9.17) is 9.15 Å². The number of anilines is 1. The lowest BCUT2D eigenvalue weighted by Gasteiger charge is -2.13. The van der Waals surface area contributed by atoms with Gasteiger partial charge in [0, 0.05) is 28.9 Å². The highest BCUT2D eigenvalue weighted by molar-refractivity contribution is 7.93. The van der Waals surface area contributed by atoms with Gasteiger partial charge in [0.25, 0.3) is 10.0 Å². The molecular weight excluding hydrogens is 505 g/mol. The van der Waals surface area contributed by atoms with Crippen molar-refractivity contribution in [1.82, 2.24) is 15.0 Å².